The van der Waals surface area contributed by atoms with Gasteiger partial charge in [0.25, 0.3) is 0 Å². The maximum Gasteiger partial charge on any atom is 0.417 e. The van der Waals surface area contributed by atoms with Crippen LogP contribution < -0.4 is 0 Å². The summed E-state index contributed by atoms with van der Waals surface area (Å²) in [5.41, 5.74) is 2.02. The predicted octanol–water partition coefficient (Wildman–Crippen LogP) is 5.83. The van der Waals surface area contributed by atoms with Crippen molar-refractivity contribution in [1.82, 2.24) is 4.90 Å². The zero-order valence-corrected chi connectivity index (χ0v) is 20.4. The van der Waals surface area contributed by atoms with Gasteiger partial charge in [-0.15, -0.1) is 0 Å². The van der Waals surface area contributed by atoms with Gasteiger partial charge in [-0.25, -0.2) is 0 Å². The zero-order chi connectivity index (χ0) is 26.2. The van der Waals surface area contributed by atoms with Crippen molar-refractivity contribution >= 4 is 5.97 Å². The van der Waals surface area contributed by atoms with Crippen molar-refractivity contribution in [3.05, 3.63) is 94.8 Å². The number of rotatable bonds is 7. The molecule has 5 rings (SSSR count). The largest absolute Gasteiger partial charge is 0.489 e. The third kappa shape index (κ3) is 5.65. The fourth-order valence-corrected chi connectivity index (χ4v) is 4.89. The lowest BCUT2D eigenvalue weighted by Crippen LogP contribution is -2.51. The van der Waals surface area contributed by atoms with Gasteiger partial charge in [0.05, 0.1) is 23.7 Å². The molecule has 2 heterocycles. The van der Waals surface area contributed by atoms with Crippen LogP contribution >= 0.6 is 0 Å². The highest BCUT2D eigenvalue weighted by Gasteiger charge is 2.35. The van der Waals surface area contributed by atoms with E-state index >= 15 is 0 Å². The summed E-state index contributed by atoms with van der Waals surface area (Å²) in [6.45, 7) is 4.30. The quantitative estimate of drug-likeness (QED) is 0.507. The standard InChI is InChI=1S/C29H28F3NO4/c1-28(10-9-22-11-20(17-36-26(22)13-28)14-33-15-23(16-33)27(34)35)37-18-19-7-8-25(29(30,31)32)24(12-19)21-5-3-2-4-6-21/h2-9,11-13,23H,10,14-18H2,1H3,(H,34,35). The number of ether oxygens (including phenoxy) is 2. The first-order valence-electron chi connectivity index (χ1n) is 12.2. The first-order valence-corrected chi connectivity index (χ1v) is 12.2. The molecule has 1 N–H and O–H groups in total. The molecule has 5 nitrogen and oxygen atoms in total. The van der Waals surface area contributed by atoms with Crippen LogP contribution in [0.5, 0.6) is 0 Å². The summed E-state index contributed by atoms with van der Waals surface area (Å²) < 4.78 is 53.1. The molecule has 8 heteroatoms. The number of carbonyl (C=O) groups is 1. The van der Waals surface area contributed by atoms with Crippen LogP contribution in [0.4, 0.5) is 13.2 Å². The lowest BCUT2D eigenvalue weighted by atomic mass is 9.90. The molecule has 0 spiro atoms. The van der Waals surface area contributed by atoms with E-state index in [1.807, 2.05) is 19.1 Å². The number of likely N-dealkylation sites (tertiary alicyclic amines) is 1. The van der Waals surface area contributed by atoms with Gasteiger partial charge in [0.15, 0.2) is 0 Å². The average molecular weight is 512 g/mol. The highest BCUT2D eigenvalue weighted by molar-refractivity contribution is 5.71. The van der Waals surface area contributed by atoms with Gasteiger partial charge < -0.3 is 14.6 Å². The van der Waals surface area contributed by atoms with Crippen LogP contribution in [0.1, 0.15) is 24.5 Å². The minimum absolute atomic E-state index is 0.133. The van der Waals surface area contributed by atoms with Crippen LogP contribution in [-0.4, -0.2) is 47.8 Å². The summed E-state index contributed by atoms with van der Waals surface area (Å²) >= 11 is 0. The molecule has 2 aliphatic heterocycles. The zero-order valence-electron chi connectivity index (χ0n) is 20.4. The van der Waals surface area contributed by atoms with Crippen molar-refractivity contribution in [3.63, 3.8) is 0 Å². The topological polar surface area (TPSA) is 59.0 Å². The van der Waals surface area contributed by atoms with Gasteiger partial charge in [-0.2, -0.15) is 13.2 Å². The molecule has 1 saturated heterocycles. The fraction of sp³-hybridized carbons (Fsp3) is 0.345. The van der Waals surface area contributed by atoms with Crippen molar-refractivity contribution in [2.24, 2.45) is 5.92 Å². The molecule has 1 atom stereocenters. The van der Waals surface area contributed by atoms with E-state index in [0.717, 1.165) is 23.0 Å². The second-order valence-corrected chi connectivity index (χ2v) is 10.0. The predicted molar refractivity (Wildman–Crippen MR) is 132 cm³/mol. The van der Waals surface area contributed by atoms with Crippen LogP contribution in [0.15, 0.2) is 83.7 Å². The van der Waals surface area contributed by atoms with E-state index in [1.165, 1.54) is 6.07 Å². The molecule has 0 amide bonds. The molecule has 2 aromatic carbocycles. The third-order valence-electron chi connectivity index (χ3n) is 7.00. The summed E-state index contributed by atoms with van der Waals surface area (Å²) in [7, 11) is 0. The number of nitrogens with zero attached hydrogens (tertiary/aromatic N) is 1. The van der Waals surface area contributed by atoms with Crippen LogP contribution in [0, 0.1) is 5.92 Å². The van der Waals surface area contributed by atoms with Gasteiger partial charge in [0.1, 0.15) is 12.4 Å². The first kappa shape index (κ1) is 25.3. The minimum atomic E-state index is -4.45. The van der Waals surface area contributed by atoms with Crippen LogP contribution in [0.3, 0.4) is 0 Å². The third-order valence-corrected chi connectivity index (χ3v) is 7.00. The number of carboxylic acids is 1. The molecule has 1 unspecified atom stereocenters. The number of alkyl halides is 3. The Morgan fingerprint density at radius 3 is 2.65 bits per heavy atom. The highest BCUT2D eigenvalue weighted by Crippen LogP contribution is 2.39. The normalized spacial score (nSPS) is 22.2. The number of halogens is 3. The fourth-order valence-electron chi connectivity index (χ4n) is 4.89. The molecule has 194 valence electrons. The Balaban J connectivity index is 1.25. The lowest BCUT2D eigenvalue weighted by molar-refractivity contribution is -0.147. The van der Waals surface area contributed by atoms with Crippen LogP contribution in [0.25, 0.3) is 11.1 Å². The van der Waals surface area contributed by atoms with E-state index in [1.54, 1.807) is 36.4 Å². The van der Waals surface area contributed by atoms with Crippen molar-refractivity contribution < 1.29 is 32.5 Å². The van der Waals surface area contributed by atoms with Crippen molar-refractivity contribution in [3.8, 4) is 11.1 Å². The van der Waals surface area contributed by atoms with Gasteiger partial charge in [-0.05, 0) is 59.9 Å². The molecule has 1 fully saturated rings. The Hall–Kier alpha value is -3.36. The number of aliphatic carboxylic acids is 1. The number of carboxylic acid groups (broad SMARTS) is 1. The van der Waals surface area contributed by atoms with E-state index in [2.05, 4.69) is 11.0 Å². The van der Waals surface area contributed by atoms with Crippen molar-refractivity contribution in [2.75, 3.05) is 26.2 Å². The minimum Gasteiger partial charge on any atom is -0.489 e. The molecule has 0 bridgehead atoms. The highest BCUT2D eigenvalue weighted by atomic mass is 19.4. The summed E-state index contributed by atoms with van der Waals surface area (Å²) in [6.07, 6.45) is 2.21. The Labute approximate surface area is 213 Å². The van der Waals surface area contributed by atoms with Gasteiger partial charge in [0, 0.05) is 25.2 Å². The maximum atomic E-state index is 13.6. The maximum absolute atomic E-state index is 13.6. The summed E-state index contributed by atoms with van der Waals surface area (Å²) in [6, 6.07) is 12.7. The van der Waals surface area contributed by atoms with Crippen LogP contribution in [0.2, 0.25) is 0 Å². The smallest absolute Gasteiger partial charge is 0.417 e. The van der Waals surface area contributed by atoms with E-state index in [0.29, 0.717) is 43.8 Å². The molecular weight excluding hydrogens is 483 g/mol. The number of hydrogen-bond acceptors (Lipinski definition) is 4. The van der Waals surface area contributed by atoms with E-state index in [-0.39, 0.29) is 18.1 Å². The molecular formula is C29H28F3NO4. The summed E-state index contributed by atoms with van der Waals surface area (Å²) in [5, 5.41) is 9.05. The number of allylic oxidation sites excluding steroid dienone is 1. The van der Waals surface area contributed by atoms with E-state index in [4.69, 9.17) is 14.6 Å². The SMILES string of the molecule is CC1(OCc2ccc(C(F)(F)F)c(-c3ccccc3)c2)C=C2OCC(CN3CC(C(=O)O)C3)=CC2=CC1. The molecule has 0 radical (unpaired) electrons. The van der Waals surface area contributed by atoms with E-state index in [9.17, 15) is 18.0 Å². The van der Waals surface area contributed by atoms with Gasteiger partial charge >= 0.3 is 12.1 Å². The van der Waals surface area contributed by atoms with Gasteiger partial charge in [0.2, 0.25) is 0 Å². The molecule has 37 heavy (non-hydrogen) atoms. The Morgan fingerprint density at radius 1 is 1.19 bits per heavy atom. The molecule has 0 saturated carbocycles. The molecule has 0 aromatic heterocycles. The number of hydrogen-bond donors (Lipinski definition) is 1. The molecule has 2 aromatic rings. The Bertz CT molecular complexity index is 1280. The average Bonchev–Trinajstić information content (AvgIpc) is 2.84. The lowest BCUT2D eigenvalue weighted by Gasteiger charge is -2.38. The van der Waals surface area contributed by atoms with E-state index < -0.39 is 23.3 Å². The first-order chi connectivity index (χ1) is 17.6. The number of benzene rings is 2. The molecule has 1 aliphatic carbocycles. The monoisotopic (exact) mass is 511 g/mol. The van der Waals surface area contributed by atoms with Gasteiger partial charge in [-0.3, -0.25) is 9.69 Å². The van der Waals surface area contributed by atoms with Crippen molar-refractivity contribution in [2.45, 2.75) is 31.7 Å². The molecule has 3 aliphatic rings. The second kappa shape index (κ2) is 9.84. The van der Waals surface area contributed by atoms with Crippen molar-refractivity contribution in [1.29, 1.82) is 0 Å². The van der Waals surface area contributed by atoms with Crippen LogP contribution in [-0.2, 0) is 27.1 Å². The Morgan fingerprint density at radius 2 is 1.95 bits per heavy atom. The van der Waals surface area contributed by atoms with Gasteiger partial charge in [-0.1, -0.05) is 42.5 Å². The summed E-state index contributed by atoms with van der Waals surface area (Å²) in [4.78, 5) is 13.1. The number of fused-ring (bicyclic) bond motifs is 1. The summed E-state index contributed by atoms with van der Waals surface area (Å²) in [5.74, 6) is -0.320. The second-order valence-electron chi connectivity index (χ2n) is 10.0. The Kier molecular flexibility index (Phi) is 6.72.